The third-order valence-corrected chi connectivity index (χ3v) is 1.01. The molecule has 0 fully saturated rings. The molecule has 0 bridgehead atoms. The van der Waals surface area contributed by atoms with E-state index in [1.165, 1.54) is 6.08 Å². The van der Waals surface area contributed by atoms with Crippen LogP contribution in [-0.4, -0.2) is 13.0 Å². The third-order valence-electron chi connectivity index (χ3n) is 1.01. The molecule has 0 saturated heterocycles. The van der Waals surface area contributed by atoms with E-state index in [2.05, 4.69) is 17.2 Å². The normalized spacial score (nSPS) is 10.4. The van der Waals surface area contributed by atoms with Crippen LogP contribution in [0.5, 0.6) is 0 Å². The molecule has 10 heavy (non-hydrogen) atoms. The molecule has 0 spiro atoms. The molecule has 0 aromatic heterocycles. The predicted molar refractivity (Wildman–Crippen MR) is 41.2 cm³/mol. The van der Waals surface area contributed by atoms with Crippen LogP contribution in [0.15, 0.2) is 24.6 Å². The summed E-state index contributed by atoms with van der Waals surface area (Å²) in [5.41, 5.74) is 0.898. The van der Waals surface area contributed by atoms with Gasteiger partial charge in [-0.1, -0.05) is 6.58 Å². The number of carbonyl (C=O) groups excluding carboxylic acids is 1. The highest BCUT2D eigenvalue weighted by atomic mass is 16.1. The highest BCUT2D eigenvalue weighted by Gasteiger charge is 1.87. The summed E-state index contributed by atoms with van der Waals surface area (Å²) >= 11 is 0. The minimum Gasteiger partial charge on any atom is -0.390 e. The Morgan fingerprint density at radius 1 is 1.60 bits per heavy atom. The van der Waals surface area contributed by atoms with Gasteiger partial charge in [-0.05, 0) is 13.0 Å². The van der Waals surface area contributed by atoms with Crippen LogP contribution >= 0.6 is 0 Å². The minimum atomic E-state index is -0.199. The number of amides is 1. The average molecular weight is 140 g/mol. The van der Waals surface area contributed by atoms with Crippen molar-refractivity contribution in [2.75, 3.05) is 7.05 Å². The molecule has 0 unspecified atom stereocenters. The summed E-state index contributed by atoms with van der Waals surface area (Å²) in [6.45, 7) is 5.15. The van der Waals surface area contributed by atoms with E-state index in [1.807, 2.05) is 6.92 Å². The van der Waals surface area contributed by atoms with Gasteiger partial charge >= 0.3 is 0 Å². The van der Waals surface area contributed by atoms with Gasteiger partial charge in [0.15, 0.2) is 0 Å². The molecule has 0 rings (SSSR count). The van der Waals surface area contributed by atoms with Crippen LogP contribution in [0.1, 0.15) is 6.92 Å². The molecule has 1 amide bonds. The van der Waals surface area contributed by atoms with Gasteiger partial charge in [0.05, 0.1) is 0 Å². The number of hydrogen-bond donors (Lipinski definition) is 2. The minimum absolute atomic E-state index is 0.199. The molecule has 0 aliphatic carbocycles. The number of allylic oxidation sites excluding steroid dienone is 1. The molecule has 3 heteroatoms. The largest absolute Gasteiger partial charge is 0.390 e. The van der Waals surface area contributed by atoms with Crippen LogP contribution in [0, 0.1) is 0 Å². The average Bonchev–Trinajstić information content (AvgIpc) is 1.99. The van der Waals surface area contributed by atoms with Crippen molar-refractivity contribution in [1.29, 1.82) is 0 Å². The zero-order valence-electron chi connectivity index (χ0n) is 6.27. The second kappa shape index (κ2) is 4.61. The van der Waals surface area contributed by atoms with Crippen molar-refractivity contribution < 1.29 is 4.79 Å². The Morgan fingerprint density at radius 3 is 2.60 bits per heavy atom. The van der Waals surface area contributed by atoms with E-state index in [9.17, 15) is 4.79 Å². The molecule has 3 nitrogen and oxygen atoms in total. The van der Waals surface area contributed by atoms with Crippen LogP contribution in [-0.2, 0) is 4.79 Å². The molecule has 0 saturated carbocycles. The topological polar surface area (TPSA) is 41.1 Å². The van der Waals surface area contributed by atoms with Crippen molar-refractivity contribution in [2.45, 2.75) is 6.92 Å². The first-order valence-electron chi connectivity index (χ1n) is 2.98. The fourth-order valence-electron chi connectivity index (χ4n) is 0.310. The lowest BCUT2D eigenvalue weighted by Gasteiger charge is -1.97. The smallest absolute Gasteiger partial charge is 0.247 e. The summed E-state index contributed by atoms with van der Waals surface area (Å²) in [5.74, 6) is -0.199. The maximum Gasteiger partial charge on any atom is 0.247 e. The van der Waals surface area contributed by atoms with Crippen molar-refractivity contribution in [3.8, 4) is 0 Å². The Bertz CT molecular complexity index is 161. The maximum absolute atomic E-state index is 10.5. The number of nitrogens with one attached hydrogen (secondary N) is 2. The van der Waals surface area contributed by atoms with Gasteiger partial charge in [0.25, 0.3) is 0 Å². The molecule has 0 aromatic rings. The van der Waals surface area contributed by atoms with Gasteiger partial charge in [0, 0.05) is 18.9 Å². The molecule has 56 valence electrons. The Labute approximate surface area is 60.8 Å². The Hall–Kier alpha value is -1.25. The van der Waals surface area contributed by atoms with Crippen molar-refractivity contribution in [3.05, 3.63) is 24.6 Å². The van der Waals surface area contributed by atoms with E-state index in [4.69, 9.17) is 0 Å². The van der Waals surface area contributed by atoms with Gasteiger partial charge in [-0.2, -0.15) is 0 Å². The van der Waals surface area contributed by atoms with Crippen molar-refractivity contribution >= 4 is 5.91 Å². The fourth-order valence-corrected chi connectivity index (χ4v) is 0.310. The van der Waals surface area contributed by atoms with Gasteiger partial charge < -0.3 is 10.6 Å². The van der Waals surface area contributed by atoms with E-state index in [-0.39, 0.29) is 5.91 Å². The molecular formula is C7H12N2O. The SMILES string of the molecule is C=CC(=O)NC=C(C)NC. The summed E-state index contributed by atoms with van der Waals surface area (Å²) in [6.07, 6.45) is 2.81. The van der Waals surface area contributed by atoms with E-state index in [1.54, 1.807) is 13.2 Å². The third kappa shape index (κ3) is 3.72. The molecule has 0 aliphatic heterocycles. The molecule has 2 N–H and O–H groups in total. The van der Waals surface area contributed by atoms with Crippen molar-refractivity contribution in [3.63, 3.8) is 0 Å². The first-order valence-corrected chi connectivity index (χ1v) is 2.98. The number of carbonyl (C=O) groups is 1. The van der Waals surface area contributed by atoms with Gasteiger partial charge in [0.1, 0.15) is 0 Å². The second-order valence-corrected chi connectivity index (χ2v) is 1.79. The van der Waals surface area contributed by atoms with Crippen LogP contribution in [0.2, 0.25) is 0 Å². The lowest BCUT2D eigenvalue weighted by molar-refractivity contribution is -0.115. The zero-order chi connectivity index (χ0) is 7.98. The van der Waals surface area contributed by atoms with Crippen LogP contribution < -0.4 is 10.6 Å². The highest BCUT2D eigenvalue weighted by Crippen LogP contribution is 1.79. The van der Waals surface area contributed by atoms with Crippen LogP contribution in [0.4, 0.5) is 0 Å². The Kier molecular flexibility index (Phi) is 4.04. The monoisotopic (exact) mass is 140 g/mol. The van der Waals surface area contributed by atoms with E-state index >= 15 is 0 Å². The maximum atomic E-state index is 10.5. The summed E-state index contributed by atoms with van der Waals surface area (Å²) in [6, 6.07) is 0. The molecule has 0 heterocycles. The van der Waals surface area contributed by atoms with Gasteiger partial charge in [-0.15, -0.1) is 0 Å². The van der Waals surface area contributed by atoms with Crippen molar-refractivity contribution in [2.24, 2.45) is 0 Å². The molecule has 0 aromatic carbocycles. The summed E-state index contributed by atoms with van der Waals surface area (Å²) in [5, 5.41) is 5.36. The highest BCUT2D eigenvalue weighted by molar-refractivity contribution is 5.87. The lowest BCUT2D eigenvalue weighted by Crippen LogP contribution is -2.16. The van der Waals surface area contributed by atoms with Gasteiger partial charge in [-0.25, -0.2) is 0 Å². The van der Waals surface area contributed by atoms with E-state index in [0.717, 1.165) is 5.70 Å². The summed E-state index contributed by atoms with van der Waals surface area (Å²) in [4.78, 5) is 10.5. The zero-order valence-corrected chi connectivity index (χ0v) is 6.27. The van der Waals surface area contributed by atoms with Gasteiger partial charge in [-0.3, -0.25) is 4.79 Å². The standard InChI is InChI=1S/C7H12N2O/c1-4-7(10)9-5-6(2)8-3/h4-5,8H,1H2,2-3H3,(H,9,10). The van der Waals surface area contributed by atoms with E-state index in [0.29, 0.717) is 0 Å². The Balaban J connectivity index is 3.71. The summed E-state index contributed by atoms with van der Waals surface area (Å²) in [7, 11) is 1.78. The fraction of sp³-hybridized carbons (Fsp3) is 0.286. The first-order chi connectivity index (χ1) is 4.70. The van der Waals surface area contributed by atoms with Crippen LogP contribution in [0.25, 0.3) is 0 Å². The molecular weight excluding hydrogens is 128 g/mol. The second-order valence-electron chi connectivity index (χ2n) is 1.79. The predicted octanol–water partition coefficient (Wildman–Crippen LogP) is 0.369. The Morgan fingerprint density at radius 2 is 2.20 bits per heavy atom. The van der Waals surface area contributed by atoms with Crippen molar-refractivity contribution in [1.82, 2.24) is 10.6 Å². The first kappa shape index (κ1) is 8.75. The summed E-state index contributed by atoms with van der Waals surface area (Å²) < 4.78 is 0. The quantitative estimate of drug-likeness (QED) is 0.556. The van der Waals surface area contributed by atoms with E-state index < -0.39 is 0 Å². The van der Waals surface area contributed by atoms with Crippen LogP contribution in [0.3, 0.4) is 0 Å². The molecule has 0 aliphatic rings. The number of rotatable bonds is 3. The van der Waals surface area contributed by atoms with Gasteiger partial charge in [0.2, 0.25) is 5.91 Å². The molecule has 0 atom stereocenters. The molecule has 0 radical (unpaired) electrons. The lowest BCUT2D eigenvalue weighted by atomic mass is 10.5. The number of hydrogen-bond acceptors (Lipinski definition) is 2.